The lowest BCUT2D eigenvalue weighted by molar-refractivity contribution is -0.142. The van der Waals surface area contributed by atoms with E-state index in [-0.39, 0.29) is 30.8 Å². The smallest absolute Gasteiger partial charge is 0.261 e. The molecule has 0 bridgehead atoms. The van der Waals surface area contributed by atoms with E-state index in [4.69, 9.17) is 16.3 Å². The van der Waals surface area contributed by atoms with Crippen molar-refractivity contribution < 1.29 is 18.7 Å². The molecule has 0 fully saturated rings. The van der Waals surface area contributed by atoms with E-state index in [0.29, 0.717) is 23.7 Å². The fourth-order valence-corrected chi connectivity index (χ4v) is 2.88. The SMILES string of the molecule is CCNC(=O)[C@H](CC)N(Cc1ccc(F)cc1)C(=O)COc1ccc(Cl)cc1. The monoisotopic (exact) mass is 406 g/mol. The molecule has 2 aromatic rings. The van der Waals surface area contributed by atoms with Gasteiger partial charge in [0, 0.05) is 18.1 Å². The van der Waals surface area contributed by atoms with Gasteiger partial charge < -0.3 is 15.0 Å². The Hall–Kier alpha value is -2.60. The van der Waals surface area contributed by atoms with Crippen molar-refractivity contribution in [3.63, 3.8) is 0 Å². The number of nitrogens with one attached hydrogen (secondary N) is 1. The lowest BCUT2D eigenvalue weighted by Gasteiger charge is -2.30. The van der Waals surface area contributed by atoms with Gasteiger partial charge in [0.1, 0.15) is 17.6 Å². The number of nitrogens with zero attached hydrogens (tertiary/aromatic N) is 1. The van der Waals surface area contributed by atoms with Gasteiger partial charge in [0.05, 0.1) is 0 Å². The Balaban J connectivity index is 2.16. The number of ether oxygens (including phenoxy) is 1. The van der Waals surface area contributed by atoms with Crippen LogP contribution in [0.15, 0.2) is 48.5 Å². The molecule has 1 N–H and O–H groups in total. The van der Waals surface area contributed by atoms with E-state index >= 15 is 0 Å². The van der Waals surface area contributed by atoms with Crippen LogP contribution >= 0.6 is 11.6 Å². The van der Waals surface area contributed by atoms with E-state index in [9.17, 15) is 14.0 Å². The van der Waals surface area contributed by atoms with Crippen molar-refractivity contribution in [3.8, 4) is 5.75 Å². The summed E-state index contributed by atoms with van der Waals surface area (Å²) in [5, 5.41) is 3.33. The minimum atomic E-state index is -0.647. The normalized spacial score (nSPS) is 11.6. The zero-order valence-corrected chi connectivity index (χ0v) is 16.7. The van der Waals surface area contributed by atoms with E-state index in [1.165, 1.54) is 17.0 Å². The molecule has 0 saturated heterocycles. The molecule has 28 heavy (non-hydrogen) atoms. The second-order valence-electron chi connectivity index (χ2n) is 6.21. The number of hydrogen-bond donors (Lipinski definition) is 1. The highest BCUT2D eigenvalue weighted by atomic mass is 35.5. The number of rotatable bonds is 9. The van der Waals surface area contributed by atoms with Crippen LogP contribution < -0.4 is 10.1 Å². The lowest BCUT2D eigenvalue weighted by atomic mass is 10.1. The zero-order chi connectivity index (χ0) is 20.5. The molecule has 0 saturated carbocycles. The molecule has 150 valence electrons. The molecule has 5 nitrogen and oxygen atoms in total. The molecule has 2 amide bonds. The van der Waals surface area contributed by atoms with Crippen LogP contribution in [-0.4, -0.2) is 35.9 Å². The van der Waals surface area contributed by atoms with Crippen LogP contribution in [0.4, 0.5) is 4.39 Å². The van der Waals surface area contributed by atoms with Crippen molar-refractivity contribution in [2.45, 2.75) is 32.9 Å². The molecule has 7 heteroatoms. The van der Waals surface area contributed by atoms with Gasteiger partial charge in [-0.3, -0.25) is 9.59 Å². The van der Waals surface area contributed by atoms with Crippen molar-refractivity contribution in [1.82, 2.24) is 10.2 Å². The Morgan fingerprint density at radius 2 is 1.75 bits per heavy atom. The first kappa shape index (κ1) is 21.7. The minimum Gasteiger partial charge on any atom is -0.484 e. The third-order valence-corrected chi connectivity index (χ3v) is 4.43. The van der Waals surface area contributed by atoms with Crippen LogP contribution in [0.25, 0.3) is 0 Å². The predicted octanol–water partition coefficient (Wildman–Crippen LogP) is 3.80. The molecule has 0 radical (unpaired) electrons. The second kappa shape index (κ2) is 10.7. The van der Waals surface area contributed by atoms with Crippen LogP contribution in [0, 0.1) is 5.82 Å². The van der Waals surface area contributed by atoms with Gasteiger partial charge in [0.15, 0.2) is 6.61 Å². The maximum atomic E-state index is 13.2. The fourth-order valence-electron chi connectivity index (χ4n) is 2.76. The Morgan fingerprint density at radius 1 is 1.11 bits per heavy atom. The molecular weight excluding hydrogens is 383 g/mol. The predicted molar refractivity (Wildman–Crippen MR) is 107 cm³/mol. The molecule has 0 aromatic heterocycles. The third kappa shape index (κ3) is 6.23. The van der Waals surface area contributed by atoms with Crippen molar-refractivity contribution in [2.75, 3.05) is 13.2 Å². The number of halogens is 2. The average Bonchev–Trinajstić information content (AvgIpc) is 2.69. The van der Waals surface area contributed by atoms with Gasteiger partial charge in [0.2, 0.25) is 5.91 Å². The first-order chi connectivity index (χ1) is 13.4. The first-order valence-electron chi connectivity index (χ1n) is 9.14. The lowest BCUT2D eigenvalue weighted by Crippen LogP contribution is -2.50. The molecule has 2 aromatic carbocycles. The van der Waals surface area contributed by atoms with Crippen molar-refractivity contribution in [2.24, 2.45) is 0 Å². The van der Waals surface area contributed by atoms with Gasteiger partial charge in [-0.2, -0.15) is 0 Å². The van der Waals surface area contributed by atoms with Gasteiger partial charge in [-0.25, -0.2) is 4.39 Å². The molecular formula is C21H24ClFN2O3. The highest BCUT2D eigenvalue weighted by Gasteiger charge is 2.28. The Labute approximate surface area is 169 Å². The third-order valence-electron chi connectivity index (χ3n) is 4.18. The van der Waals surface area contributed by atoms with Crippen molar-refractivity contribution >= 4 is 23.4 Å². The van der Waals surface area contributed by atoms with Gasteiger partial charge in [-0.1, -0.05) is 30.7 Å². The van der Waals surface area contributed by atoms with Gasteiger partial charge in [0.25, 0.3) is 5.91 Å². The van der Waals surface area contributed by atoms with Crippen molar-refractivity contribution in [3.05, 3.63) is 64.9 Å². The maximum Gasteiger partial charge on any atom is 0.261 e. The number of benzene rings is 2. The Bertz CT molecular complexity index is 781. The molecule has 0 aliphatic heterocycles. The Kier molecular flexibility index (Phi) is 8.26. The van der Waals surface area contributed by atoms with Crippen LogP contribution in [0.1, 0.15) is 25.8 Å². The number of carbonyl (C=O) groups is 2. The van der Waals surface area contributed by atoms with Crippen LogP contribution in [0.2, 0.25) is 5.02 Å². The summed E-state index contributed by atoms with van der Waals surface area (Å²) >= 11 is 5.85. The molecule has 0 aliphatic rings. The molecule has 0 aliphatic carbocycles. The fraction of sp³-hybridized carbons (Fsp3) is 0.333. The maximum absolute atomic E-state index is 13.2. The van der Waals surface area contributed by atoms with Gasteiger partial charge in [-0.05, 0) is 55.3 Å². The van der Waals surface area contributed by atoms with Crippen LogP contribution in [0.5, 0.6) is 5.75 Å². The largest absolute Gasteiger partial charge is 0.484 e. The summed E-state index contributed by atoms with van der Waals surface area (Å²) in [6.45, 7) is 4.08. The standard InChI is InChI=1S/C21H24ClFN2O3/c1-3-19(21(27)24-4-2)25(13-15-5-9-17(23)10-6-15)20(26)14-28-18-11-7-16(22)8-12-18/h5-12,19H,3-4,13-14H2,1-2H3,(H,24,27)/t19-/m0/s1. The van der Waals surface area contributed by atoms with E-state index in [0.717, 1.165) is 5.56 Å². The topological polar surface area (TPSA) is 58.6 Å². The summed E-state index contributed by atoms with van der Waals surface area (Å²) in [5.41, 5.74) is 0.726. The summed E-state index contributed by atoms with van der Waals surface area (Å²) in [5.74, 6) is -0.418. The highest BCUT2D eigenvalue weighted by molar-refractivity contribution is 6.30. The number of likely N-dealkylation sites (N-methyl/N-ethyl adjacent to an activating group) is 1. The molecule has 0 heterocycles. The Morgan fingerprint density at radius 3 is 2.32 bits per heavy atom. The van der Waals surface area contributed by atoms with E-state index in [2.05, 4.69) is 5.32 Å². The van der Waals surface area contributed by atoms with Crippen LogP contribution in [0.3, 0.4) is 0 Å². The summed E-state index contributed by atoms with van der Waals surface area (Å²) in [7, 11) is 0. The van der Waals surface area contributed by atoms with Gasteiger partial charge >= 0.3 is 0 Å². The zero-order valence-electron chi connectivity index (χ0n) is 16.0. The van der Waals surface area contributed by atoms with E-state index in [1.807, 2.05) is 13.8 Å². The van der Waals surface area contributed by atoms with Gasteiger partial charge in [-0.15, -0.1) is 0 Å². The summed E-state index contributed by atoms with van der Waals surface area (Å²) in [4.78, 5) is 26.8. The van der Waals surface area contributed by atoms with E-state index in [1.54, 1.807) is 36.4 Å². The van der Waals surface area contributed by atoms with Crippen LogP contribution in [-0.2, 0) is 16.1 Å². The summed E-state index contributed by atoms with van der Waals surface area (Å²) in [6.07, 6.45) is 0.444. The van der Waals surface area contributed by atoms with Crippen molar-refractivity contribution in [1.29, 1.82) is 0 Å². The summed E-state index contributed by atoms with van der Waals surface area (Å²) < 4.78 is 18.8. The second-order valence-corrected chi connectivity index (χ2v) is 6.65. The molecule has 0 spiro atoms. The average molecular weight is 407 g/mol. The number of hydrogen-bond acceptors (Lipinski definition) is 3. The number of amides is 2. The summed E-state index contributed by atoms with van der Waals surface area (Å²) in [6, 6.07) is 11.9. The highest BCUT2D eigenvalue weighted by Crippen LogP contribution is 2.17. The molecule has 1 atom stereocenters. The molecule has 2 rings (SSSR count). The van der Waals surface area contributed by atoms with E-state index < -0.39 is 6.04 Å². The quantitative estimate of drug-likeness (QED) is 0.689. The number of carbonyl (C=O) groups excluding carboxylic acids is 2. The first-order valence-corrected chi connectivity index (χ1v) is 9.52. The minimum absolute atomic E-state index is 0.179. The molecule has 0 unspecified atom stereocenters.